The van der Waals surface area contributed by atoms with E-state index < -0.39 is 29.7 Å². The molecule has 0 aliphatic carbocycles. The molecule has 12 heteroatoms. The summed E-state index contributed by atoms with van der Waals surface area (Å²) in [7, 11) is 0. The van der Waals surface area contributed by atoms with Crippen molar-refractivity contribution in [3.05, 3.63) is 125 Å². The van der Waals surface area contributed by atoms with Crippen molar-refractivity contribution in [2.24, 2.45) is 0 Å². The maximum absolute atomic E-state index is 13.3. The number of halogens is 1. The minimum absolute atomic E-state index is 0.0219. The van der Waals surface area contributed by atoms with Gasteiger partial charge in [0, 0.05) is 18.0 Å². The van der Waals surface area contributed by atoms with Gasteiger partial charge in [-0.25, -0.2) is 0 Å². The highest BCUT2D eigenvalue weighted by Gasteiger charge is 2.45. The summed E-state index contributed by atoms with van der Waals surface area (Å²) in [5, 5.41) is 17.8. The third kappa shape index (κ3) is 7.79. The van der Waals surface area contributed by atoms with E-state index in [0.29, 0.717) is 18.1 Å². The van der Waals surface area contributed by atoms with E-state index in [1.807, 2.05) is 66.7 Å². The maximum atomic E-state index is 13.3. The van der Waals surface area contributed by atoms with Crippen LogP contribution in [0.1, 0.15) is 56.7 Å². The topological polar surface area (TPSA) is 154 Å². The Hall–Kier alpha value is -5.94. The van der Waals surface area contributed by atoms with Gasteiger partial charge in [0.15, 0.2) is 0 Å². The molecule has 2 heterocycles. The van der Waals surface area contributed by atoms with E-state index >= 15 is 0 Å². The van der Waals surface area contributed by atoms with Crippen LogP contribution in [0.5, 0.6) is 11.5 Å². The van der Waals surface area contributed by atoms with Gasteiger partial charge in [-0.2, -0.15) is 0 Å². The molecule has 0 saturated carbocycles. The summed E-state index contributed by atoms with van der Waals surface area (Å²) in [6.07, 6.45) is 0.708. The number of hydrogen-bond donors (Lipinski definition) is 4. The summed E-state index contributed by atoms with van der Waals surface area (Å²) >= 11 is 6.26. The number of imide groups is 2. The SMILES string of the molecule is O=C(CNc1cccc2c1C(=O)N(C1CCC(=O)NC1=O)C2=O)NCCOc1ccc(C(=C(CCCl)c2ccccc2)c2ccc(O)cc2)cc1. The lowest BCUT2D eigenvalue weighted by Gasteiger charge is -2.27. The molecule has 2 aliphatic rings. The number of alkyl halides is 1. The smallest absolute Gasteiger partial charge is 0.264 e. The first-order chi connectivity index (χ1) is 24.7. The zero-order chi connectivity index (χ0) is 35.9. The second-order valence-electron chi connectivity index (χ2n) is 12.0. The molecule has 6 rings (SSSR count). The van der Waals surface area contributed by atoms with E-state index in [1.54, 1.807) is 24.3 Å². The van der Waals surface area contributed by atoms with Gasteiger partial charge in [0.2, 0.25) is 17.7 Å². The first kappa shape index (κ1) is 34.9. The number of aromatic hydroxyl groups is 1. The van der Waals surface area contributed by atoms with Gasteiger partial charge in [0.25, 0.3) is 11.8 Å². The Balaban J connectivity index is 1.05. The predicted molar refractivity (Wildman–Crippen MR) is 192 cm³/mol. The number of rotatable bonds is 13. The van der Waals surface area contributed by atoms with Crippen LogP contribution >= 0.6 is 11.6 Å². The van der Waals surface area contributed by atoms with Crippen LogP contribution in [0.25, 0.3) is 11.1 Å². The molecule has 0 radical (unpaired) electrons. The average Bonchev–Trinajstić information content (AvgIpc) is 3.39. The number of nitrogens with zero attached hydrogens (tertiary/aromatic N) is 1. The van der Waals surface area contributed by atoms with Gasteiger partial charge < -0.3 is 20.5 Å². The molecule has 1 atom stereocenters. The van der Waals surface area contributed by atoms with Crippen molar-refractivity contribution < 1.29 is 33.8 Å². The zero-order valence-electron chi connectivity index (χ0n) is 27.5. The van der Waals surface area contributed by atoms with Crippen molar-refractivity contribution >= 4 is 58.0 Å². The highest BCUT2D eigenvalue weighted by Crippen LogP contribution is 2.36. The van der Waals surface area contributed by atoms with Crippen LogP contribution in [0.4, 0.5) is 5.69 Å². The van der Waals surface area contributed by atoms with Crippen LogP contribution in [0.15, 0.2) is 97.1 Å². The first-order valence-electron chi connectivity index (χ1n) is 16.5. The fourth-order valence-corrected chi connectivity index (χ4v) is 6.46. The largest absolute Gasteiger partial charge is 0.508 e. The van der Waals surface area contributed by atoms with E-state index in [0.717, 1.165) is 32.7 Å². The first-order valence-corrected chi connectivity index (χ1v) is 17.0. The summed E-state index contributed by atoms with van der Waals surface area (Å²) in [6.45, 7) is 0.230. The number of amides is 5. The Morgan fingerprint density at radius 2 is 1.57 bits per heavy atom. The molecule has 11 nitrogen and oxygen atoms in total. The van der Waals surface area contributed by atoms with Crippen molar-refractivity contribution in [1.82, 2.24) is 15.5 Å². The van der Waals surface area contributed by atoms with E-state index in [-0.39, 0.29) is 61.0 Å². The molecular formula is C39H35ClN4O7. The lowest BCUT2D eigenvalue weighted by atomic mass is 9.88. The summed E-state index contributed by atoms with van der Waals surface area (Å²) < 4.78 is 5.89. The molecule has 2 aliphatic heterocycles. The number of hydrogen-bond acceptors (Lipinski definition) is 8. The van der Waals surface area contributed by atoms with Gasteiger partial charge >= 0.3 is 0 Å². The minimum atomic E-state index is -1.08. The zero-order valence-corrected chi connectivity index (χ0v) is 28.2. The lowest BCUT2D eigenvalue weighted by molar-refractivity contribution is -0.136. The average molecular weight is 707 g/mol. The third-order valence-corrected chi connectivity index (χ3v) is 8.86. The van der Waals surface area contributed by atoms with Crippen molar-refractivity contribution in [3.8, 4) is 11.5 Å². The molecule has 0 aromatic heterocycles. The van der Waals surface area contributed by atoms with E-state index in [2.05, 4.69) is 16.0 Å². The molecule has 260 valence electrons. The van der Waals surface area contributed by atoms with Crippen molar-refractivity contribution in [2.45, 2.75) is 25.3 Å². The molecule has 1 saturated heterocycles. The molecule has 1 fully saturated rings. The number of fused-ring (bicyclic) bond motifs is 1. The standard InChI is InChI=1S/C39H35ClN4O7/c40-20-19-29(24-5-2-1-3-6-24)35(25-9-13-27(45)14-10-25)26-11-15-28(16-12-26)51-22-21-41-34(47)23-42-31-8-4-7-30-36(31)39(50)44(38(30)49)32-17-18-33(46)43-37(32)48/h1-16,32,42,45H,17-23H2,(H,41,47)(H,43,46,48). The van der Waals surface area contributed by atoms with Gasteiger partial charge in [0.05, 0.1) is 24.2 Å². The Labute approximate surface area is 299 Å². The molecule has 5 amide bonds. The number of ether oxygens (including phenoxy) is 1. The number of benzene rings is 4. The Morgan fingerprint density at radius 3 is 2.25 bits per heavy atom. The van der Waals surface area contributed by atoms with Gasteiger partial charge in [0.1, 0.15) is 24.1 Å². The van der Waals surface area contributed by atoms with Crippen LogP contribution < -0.4 is 20.7 Å². The van der Waals surface area contributed by atoms with Crippen LogP contribution in [0, 0.1) is 0 Å². The van der Waals surface area contributed by atoms with E-state index in [1.165, 1.54) is 6.07 Å². The van der Waals surface area contributed by atoms with Crippen LogP contribution in [-0.4, -0.2) is 71.2 Å². The van der Waals surface area contributed by atoms with Crippen molar-refractivity contribution in [2.75, 3.05) is 30.9 Å². The number of nitrogens with one attached hydrogen (secondary N) is 3. The molecule has 4 aromatic rings. The number of anilines is 1. The second kappa shape index (κ2) is 15.7. The number of piperidine rings is 1. The summed E-state index contributed by atoms with van der Waals surface area (Å²) in [5.41, 5.74) is 5.49. The van der Waals surface area contributed by atoms with Crippen LogP contribution in [0.2, 0.25) is 0 Å². The molecule has 0 spiro atoms. The van der Waals surface area contributed by atoms with Gasteiger partial charge in [-0.3, -0.25) is 34.2 Å². The highest BCUT2D eigenvalue weighted by atomic mass is 35.5. The predicted octanol–water partition coefficient (Wildman–Crippen LogP) is 4.99. The Bertz CT molecular complexity index is 2000. The van der Waals surface area contributed by atoms with Crippen molar-refractivity contribution in [1.29, 1.82) is 0 Å². The van der Waals surface area contributed by atoms with Crippen LogP contribution in [0.3, 0.4) is 0 Å². The minimum Gasteiger partial charge on any atom is -0.508 e. The summed E-state index contributed by atoms with van der Waals surface area (Å²) in [4.78, 5) is 63.8. The van der Waals surface area contributed by atoms with Gasteiger partial charge in [-0.05, 0) is 77.1 Å². The quantitative estimate of drug-likeness (QED) is 0.0657. The summed E-state index contributed by atoms with van der Waals surface area (Å²) in [6, 6.07) is 28.3. The summed E-state index contributed by atoms with van der Waals surface area (Å²) in [5.74, 6) is -1.56. The van der Waals surface area contributed by atoms with Gasteiger partial charge in [-0.1, -0.05) is 60.7 Å². The molecule has 0 bridgehead atoms. The van der Waals surface area contributed by atoms with Gasteiger partial charge in [-0.15, -0.1) is 11.6 Å². The maximum Gasteiger partial charge on any atom is 0.264 e. The molecule has 4 aromatic carbocycles. The Kier molecular flexibility index (Phi) is 10.8. The number of phenolic OH excluding ortho intramolecular Hbond substituents is 1. The van der Waals surface area contributed by atoms with E-state index in [4.69, 9.17) is 16.3 Å². The fourth-order valence-electron chi connectivity index (χ4n) is 6.27. The molecule has 1 unspecified atom stereocenters. The number of allylic oxidation sites excluding steroid dienone is 1. The number of carbonyl (C=O) groups excluding carboxylic acids is 5. The number of phenols is 1. The highest BCUT2D eigenvalue weighted by molar-refractivity contribution is 6.25. The van der Waals surface area contributed by atoms with E-state index in [9.17, 15) is 29.1 Å². The van der Waals surface area contributed by atoms with Crippen LogP contribution in [-0.2, 0) is 14.4 Å². The lowest BCUT2D eigenvalue weighted by Crippen LogP contribution is -2.54. The number of carbonyl (C=O) groups is 5. The Morgan fingerprint density at radius 1 is 0.863 bits per heavy atom. The third-order valence-electron chi connectivity index (χ3n) is 8.67. The second-order valence-corrected chi connectivity index (χ2v) is 12.3. The molecular weight excluding hydrogens is 672 g/mol. The molecule has 4 N–H and O–H groups in total. The fraction of sp³-hybridized carbons (Fsp3) is 0.205. The molecule has 51 heavy (non-hydrogen) atoms. The monoisotopic (exact) mass is 706 g/mol. The van der Waals surface area contributed by atoms with Crippen molar-refractivity contribution in [3.63, 3.8) is 0 Å². The normalized spacial score (nSPS) is 15.9.